The molecule has 1 fully saturated rings. The van der Waals surface area contributed by atoms with Gasteiger partial charge in [0.25, 0.3) is 0 Å². The summed E-state index contributed by atoms with van der Waals surface area (Å²) in [5, 5.41) is 17.5. The van der Waals surface area contributed by atoms with Crippen LogP contribution >= 0.6 is 11.8 Å². The summed E-state index contributed by atoms with van der Waals surface area (Å²) < 4.78 is 1.81. The van der Waals surface area contributed by atoms with E-state index in [4.69, 9.17) is 0 Å². The van der Waals surface area contributed by atoms with Crippen molar-refractivity contribution in [3.63, 3.8) is 0 Å². The van der Waals surface area contributed by atoms with E-state index in [9.17, 15) is 4.79 Å². The Kier molecular flexibility index (Phi) is 3.70. The van der Waals surface area contributed by atoms with Gasteiger partial charge >= 0.3 is 0 Å². The number of hydrogen-bond acceptors (Lipinski definition) is 5. The van der Waals surface area contributed by atoms with Gasteiger partial charge in [-0.05, 0) is 46.2 Å². The van der Waals surface area contributed by atoms with Gasteiger partial charge in [0, 0.05) is 5.69 Å². The zero-order chi connectivity index (χ0) is 15.6. The predicted octanol–water partition coefficient (Wildman–Crippen LogP) is 2.89. The maximum Gasteiger partial charge on any atom is 0.234 e. The monoisotopic (exact) mass is 325 g/mol. The molecule has 1 amide bonds. The van der Waals surface area contributed by atoms with Gasteiger partial charge in [0.05, 0.1) is 11.8 Å². The van der Waals surface area contributed by atoms with E-state index >= 15 is 0 Å². The van der Waals surface area contributed by atoms with Gasteiger partial charge in [-0.1, -0.05) is 42.1 Å². The second-order valence-electron chi connectivity index (χ2n) is 5.54. The molecule has 0 aliphatic heterocycles. The van der Waals surface area contributed by atoms with Crippen LogP contribution in [0.1, 0.15) is 18.9 Å². The van der Waals surface area contributed by atoms with Crippen LogP contribution in [-0.4, -0.2) is 31.9 Å². The number of amides is 1. The normalized spacial score (nSPS) is 14.1. The Hall–Kier alpha value is -2.41. The quantitative estimate of drug-likeness (QED) is 0.730. The fourth-order valence-electron chi connectivity index (χ4n) is 2.42. The molecular formula is C16H15N5OS. The van der Waals surface area contributed by atoms with Crippen LogP contribution in [0.4, 0.5) is 5.69 Å². The highest BCUT2D eigenvalue weighted by Gasteiger charge is 2.28. The molecule has 1 saturated carbocycles. The number of anilines is 1. The molecule has 0 bridgehead atoms. The van der Waals surface area contributed by atoms with Crippen LogP contribution in [0, 0.1) is 0 Å². The number of carbonyl (C=O) groups excluding carboxylic acids is 1. The van der Waals surface area contributed by atoms with Crippen LogP contribution in [0.25, 0.3) is 10.8 Å². The van der Waals surface area contributed by atoms with E-state index in [1.165, 1.54) is 11.8 Å². The van der Waals surface area contributed by atoms with Crippen molar-refractivity contribution in [2.75, 3.05) is 11.1 Å². The highest BCUT2D eigenvalue weighted by atomic mass is 32.2. The number of carbonyl (C=O) groups is 1. The Bertz CT molecular complexity index is 858. The first kappa shape index (κ1) is 14.2. The van der Waals surface area contributed by atoms with Crippen molar-refractivity contribution in [2.45, 2.75) is 24.0 Å². The molecule has 0 radical (unpaired) electrons. The average Bonchev–Trinajstić information content (AvgIpc) is 3.31. The first-order valence-corrected chi connectivity index (χ1v) is 8.47. The molecule has 6 nitrogen and oxygen atoms in total. The zero-order valence-corrected chi connectivity index (χ0v) is 13.2. The minimum Gasteiger partial charge on any atom is -0.325 e. The van der Waals surface area contributed by atoms with Crippen LogP contribution in [0.2, 0.25) is 0 Å². The standard InChI is InChI=1S/C16H15N5OS/c22-15(10-23-16-18-19-20-21(16)14-7-8-14)17-13-6-5-11-3-1-2-4-12(11)9-13/h1-6,9,14H,7-8,10H2,(H,17,22). The highest BCUT2D eigenvalue weighted by Crippen LogP contribution is 2.36. The summed E-state index contributed by atoms with van der Waals surface area (Å²) in [5.41, 5.74) is 0.802. The third kappa shape index (κ3) is 3.19. The Balaban J connectivity index is 1.39. The largest absolute Gasteiger partial charge is 0.325 e. The van der Waals surface area contributed by atoms with Crippen LogP contribution in [0.5, 0.6) is 0 Å². The summed E-state index contributed by atoms with van der Waals surface area (Å²) in [5.74, 6) is 0.232. The van der Waals surface area contributed by atoms with Crippen molar-refractivity contribution in [2.24, 2.45) is 0 Å². The molecule has 7 heteroatoms. The number of hydrogen-bond donors (Lipinski definition) is 1. The number of thioether (sulfide) groups is 1. The van der Waals surface area contributed by atoms with Gasteiger partial charge < -0.3 is 5.32 Å². The van der Waals surface area contributed by atoms with E-state index in [0.717, 1.165) is 29.3 Å². The molecule has 2 aromatic carbocycles. The summed E-state index contributed by atoms with van der Waals surface area (Å²) in [4.78, 5) is 12.1. The van der Waals surface area contributed by atoms with Crippen molar-refractivity contribution >= 4 is 34.1 Å². The second kappa shape index (κ2) is 6.00. The van der Waals surface area contributed by atoms with Crippen molar-refractivity contribution in [3.05, 3.63) is 42.5 Å². The van der Waals surface area contributed by atoms with E-state index in [-0.39, 0.29) is 5.91 Å². The number of tetrazole rings is 1. The number of rotatable bonds is 5. The SMILES string of the molecule is O=C(CSc1nnnn1C1CC1)Nc1ccc2ccccc2c1. The molecule has 1 aliphatic rings. The molecule has 116 valence electrons. The predicted molar refractivity (Wildman–Crippen MR) is 89.4 cm³/mol. The number of fused-ring (bicyclic) bond motifs is 1. The number of benzene rings is 2. The molecule has 1 heterocycles. The second-order valence-corrected chi connectivity index (χ2v) is 6.48. The molecule has 4 rings (SSSR count). The maximum absolute atomic E-state index is 12.1. The first-order valence-electron chi connectivity index (χ1n) is 7.49. The average molecular weight is 325 g/mol. The summed E-state index contributed by atoms with van der Waals surface area (Å²) >= 11 is 1.37. The van der Waals surface area contributed by atoms with E-state index in [2.05, 4.69) is 26.9 Å². The molecule has 1 N–H and O–H groups in total. The number of nitrogens with one attached hydrogen (secondary N) is 1. The topological polar surface area (TPSA) is 72.7 Å². The lowest BCUT2D eigenvalue weighted by atomic mass is 10.1. The fourth-order valence-corrected chi connectivity index (χ4v) is 3.17. The molecule has 1 aliphatic carbocycles. The van der Waals surface area contributed by atoms with E-state index in [1.807, 2.05) is 41.1 Å². The number of nitrogens with zero attached hydrogens (tertiary/aromatic N) is 4. The minimum atomic E-state index is -0.0596. The third-order valence-corrected chi connectivity index (χ3v) is 4.65. The van der Waals surface area contributed by atoms with E-state index in [1.54, 1.807) is 0 Å². The van der Waals surface area contributed by atoms with Crippen LogP contribution in [0.15, 0.2) is 47.6 Å². The Morgan fingerprint density at radius 2 is 2.04 bits per heavy atom. The zero-order valence-electron chi connectivity index (χ0n) is 12.3. The van der Waals surface area contributed by atoms with Crippen molar-refractivity contribution < 1.29 is 4.79 Å². The van der Waals surface area contributed by atoms with Gasteiger partial charge in [-0.25, -0.2) is 4.68 Å². The lowest BCUT2D eigenvalue weighted by Gasteiger charge is -2.06. The van der Waals surface area contributed by atoms with Crippen molar-refractivity contribution in [1.29, 1.82) is 0 Å². The van der Waals surface area contributed by atoms with E-state index < -0.39 is 0 Å². The van der Waals surface area contributed by atoms with E-state index in [0.29, 0.717) is 17.0 Å². The van der Waals surface area contributed by atoms with Gasteiger partial charge in [0.15, 0.2) is 0 Å². The van der Waals surface area contributed by atoms with Gasteiger partial charge in [0.1, 0.15) is 0 Å². The van der Waals surface area contributed by atoms with Gasteiger partial charge in [0.2, 0.25) is 11.1 Å². The minimum absolute atomic E-state index is 0.0596. The Morgan fingerprint density at radius 1 is 1.22 bits per heavy atom. The summed E-state index contributed by atoms with van der Waals surface area (Å²) in [6.07, 6.45) is 2.23. The number of aromatic nitrogens is 4. The smallest absolute Gasteiger partial charge is 0.234 e. The molecule has 3 aromatic rings. The highest BCUT2D eigenvalue weighted by molar-refractivity contribution is 7.99. The molecule has 0 saturated heterocycles. The Labute approximate surface area is 137 Å². The van der Waals surface area contributed by atoms with Crippen LogP contribution in [-0.2, 0) is 4.79 Å². The first-order chi connectivity index (χ1) is 11.3. The molecule has 23 heavy (non-hydrogen) atoms. The molecule has 1 aromatic heterocycles. The van der Waals surface area contributed by atoms with Gasteiger partial charge in [-0.3, -0.25) is 4.79 Å². The molecular weight excluding hydrogens is 310 g/mol. The molecule has 0 atom stereocenters. The molecule has 0 unspecified atom stereocenters. The van der Waals surface area contributed by atoms with Crippen molar-refractivity contribution in [1.82, 2.24) is 20.2 Å². The Morgan fingerprint density at radius 3 is 2.87 bits per heavy atom. The van der Waals surface area contributed by atoms with Crippen LogP contribution < -0.4 is 5.32 Å². The lowest BCUT2D eigenvalue weighted by Crippen LogP contribution is -2.14. The lowest BCUT2D eigenvalue weighted by molar-refractivity contribution is -0.113. The maximum atomic E-state index is 12.1. The van der Waals surface area contributed by atoms with Crippen molar-refractivity contribution in [3.8, 4) is 0 Å². The summed E-state index contributed by atoms with van der Waals surface area (Å²) in [6, 6.07) is 14.4. The summed E-state index contributed by atoms with van der Waals surface area (Å²) in [7, 11) is 0. The van der Waals surface area contributed by atoms with Gasteiger partial charge in [-0.15, -0.1) is 5.10 Å². The van der Waals surface area contributed by atoms with Crippen LogP contribution in [0.3, 0.4) is 0 Å². The summed E-state index contributed by atoms with van der Waals surface area (Å²) in [6.45, 7) is 0. The van der Waals surface area contributed by atoms with Gasteiger partial charge in [-0.2, -0.15) is 0 Å². The fraction of sp³-hybridized carbons (Fsp3) is 0.250. The molecule has 0 spiro atoms. The third-order valence-electron chi connectivity index (χ3n) is 3.72.